The van der Waals surface area contributed by atoms with Crippen LogP contribution >= 0.6 is 0 Å². The molecule has 0 heterocycles. The molecule has 1 amide bonds. The molecule has 1 unspecified atom stereocenters. The SMILES string of the molecule is CC[C@@H](N)C(=O)NCC1Cc2ccccc21. The van der Waals surface area contributed by atoms with E-state index < -0.39 is 0 Å². The molecule has 0 radical (unpaired) electrons. The van der Waals surface area contributed by atoms with Crippen LogP contribution < -0.4 is 11.1 Å². The van der Waals surface area contributed by atoms with Gasteiger partial charge in [0.1, 0.15) is 0 Å². The van der Waals surface area contributed by atoms with Crippen molar-refractivity contribution < 1.29 is 4.79 Å². The molecule has 0 bridgehead atoms. The minimum absolute atomic E-state index is 0.0353. The molecule has 1 aromatic rings. The first-order valence-corrected chi connectivity index (χ1v) is 5.83. The second-order valence-corrected chi connectivity index (χ2v) is 4.36. The van der Waals surface area contributed by atoms with Crippen LogP contribution in [0.1, 0.15) is 30.4 Å². The summed E-state index contributed by atoms with van der Waals surface area (Å²) < 4.78 is 0. The van der Waals surface area contributed by atoms with Gasteiger partial charge >= 0.3 is 0 Å². The quantitative estimate of drug-likeness (QED) is 0.797. The first-order chi connectivity index (χ1) is 7.72. The zero-order valence-corrected chi connectivity index (χ0v) is 9.57. The lowest BCUT2D eigenvalue weighted by atomic mass is 9.77. The van der Waals surface area contributed by atoms with Gasteiger partial charge in [-0.1, -0.05) is 31.2 Å². The molecule has 0 saturated heterocycles. The number of amides is 1. The Kier molecular flexibility index (Phi) is 3.25. The van der Waals surface area contributed by atoms with Crippen molar-refractivity contribution in [2.75, 3.05) is 6.54 Å². The van der Waals surface area contributed by atoms with Crippen molar-refractivity contribution in [1.29, 1.82) is 0 Å². The van der Waals surface area contributed by atoms with E-state index in [0.717, 1.165) is 6.42 Å². The summed E-state index contributed by atoms with van der Waals surface area (Å²) in [5.74, 6) is 0.441. The van der Waals surface area contributed by atoms with Gasteiger partial charge in [-0.2, -0.15) is 0 Å². The second-order valence-electron chi connectivity index (χ2n) is 4.36. The van der Waals surface area contributed by atoms with Crippen molar-refractivity contribution >= 4 is 5.91 Å². The average Bonchev–Trinajstić information content (AvgIpc) is 2.29. The van der Waals surface area contributed by atoms with Gasteiger partial charge in [-0.15, -0.1) is 0 Å². The number of fused-ring (bicyclic) bond motifs is 1. The highest BCUT2D eigenvalue weighted by atomic mass is 16.2. The fourth-order valence-corrected chi connectivity index (χ4v) is 2.09. The number of benzene rings is 1. The lowest BCUT2D eigenvalue weighted by molar-refractivity contribution is -0.122. The number of hydrogen-bond acceptors (Lipinski definition) is 2. The van der Waals surface area contributed by atoms with Gasteiger partial charge in [-0.25, -0.2) is 0 Å². The zero-order chi connectivity index (χ0) is 11.5. The van der Waals surface area contributed by atoms with Crippen molar-refractivity contribution in [3.05, 3.63) is 35.4 Å². The Morgan fingerprint density at radius 3 is 3.00 bits per heavy atom. The normalized spacial score (nSPS) is 19.5. The van der Waals surface area contributed by atoms with Crippen LogP contribution in [0.25, 0.3) is 0 Å². The summed E-state index contributed by atoms with van der Waals surface area (Å²) in [6.07, 6.45) is 1.75. The van der Waals surface area contributed by atoms with Crippen molar-refractivity contribution in [2.45, 2.75) is 31.7 Å². The van der Waals surface area contributed by atoms with Gasteiger partial charge in [-0.3, -0.25) is 4.79 Å². The Morgan fingerprint density at radius 2 is 2.31 bits per heavy atom. The van der Waals surface area contributed by atoms with E-state index in [2.05, 4.69) is 23.5 Å². The fourth-order valence-electron chi connectivity index (χ4n) is 2.09. The number of carbonyl (C=O) groups is 1. The maximum atomic E-state index is 11.5. The number of hydrogen-bond donors (Lipinski definition) is 2. The lowest BCUT2D eigenvalue weighted by Gasteiger charge is -2.30. The van der Waals surface area contributed by atoms with E-state index in [1.807, 2.05) is 13.0 Å². The molecule has 2 atom stereocenters. The van der Waals surface area contributed by atoms with Crippen LogP contribution in [-0.2, 0) is 11.2 Å². The van der Waals surface area contributed by atoms with E-state index in [-0.39, 0.29) is 11.9 Å². The van der Waals surface area contributed by atoms with Crippen molar-refractivity contribution in [3.63, 3.8) is 0 Å². The molecule has 16 heavy (non-hydrogen) atoms. The fraction of sp³-hybridized carbons (Fsp3) is 0.462. The molecule has 0 saturated carbocycles. The third-order valence-electron chi connectivity index (χ3n) is 3.26. The maximum absolute atomic E-state index is 11.5. The molecule has 86 valence electrons. The topological polar surface area (TPSA) is 55.1 Å². The Labute approximate surface area is 96.0 Å². The van der Waals surface area contributed by atoms with E-state index in [9.17, 15) is 4.79 Å². The minimum Gasteiger partial charge on any atom is -0.354 e. The van der Waals surface area contributed by atoms with Gasteiger partial charge in [-0.05, 0) is 24.0 Å². The minimum atomic E-state index is -0.365. The predicted octanol–water partition coefficient (Wildman–Crippen LogP) is 1.18. The Balaban J connectivity index is 1.84. The molecule has 3 nitrogen and oxygen atoms in total. The molecular formula is C13H18N2O. The van der Waals surface area contributed by atoms with Gasteiger partial charge in [0.05, 0.1) is 6.04 Å². The van der Waals surface area contributed by atoms with Gasteiger partial charge in [0.25, 0.3) is 0 Å². The summed E-state index contributed by atoms with van der Waals surface area (Å²) in [4.78, 5) is 11.5. The average molecular weight is 218 g/mol. The summed E-state index contributed by atoms with van der Waals surface area (Å²) in [6, 6.07) is 8.02. The maximum Gasteiger partial charge on any atom is 0.236 e. The molecule has 2 rings (SSSR count). The van der Waals surface area contributed by atoms with E-state index >= 15 is 0 Å². The van der Waals surface area contributed by atoms with Crippen LogP contribution in [0.5, 0.6) is 0 Å². The van der Waals surface area contributed by atoms with E-state index in [1.54, 1.807) is 0 Å². The number of rotatable bonds is 4. The molecule has 0 aliphatic heterocycles. The van der Waals surface area contributed by atoms with Gasteiger partial charge in [0.2, 0.25) is 5.91 Å². The molecule has 1 aromatic carbocycles. The van der Waals surface area contributed by atoms with Crippen LogP contribution in [0.4, 0.5) is 0 Å². The Bertz CT molecular complexity index is 389. The highest BCUT2D eigenvalue weighted by Gasteiger charge is 2.25. The van der Waals surface area contributed by atoms with E-state index in [1.165, 1.54) is 11.1 Å². The second kappa shape index (κ2) is 4.66. The summed E-state index contributed by atoms with van der Waals surface area (Å²) in [7, 11) is 0. The summed E-state index contributed by atoms with van der Waals surface area (Å²) in [6.45, 7) is 2.63. The van der Waals surface area contributed by atoms with Crippen LogP contribution in [-0.4, -0.2) is 18.5 Å². The first-order valence-electron chi connectivity index (χ1n) is 5.83. The van der Waals surface area contributed by atoms with Crippen molar-refractivity contribution in [3.8, 4) is 0 Å². The smallest absolute Gasteiger partial charge is 0.236 e. The number of nitrogens with one attached hydrogen (secondary N) is 1. The monoisotopic (exact) mass is 218 g/mol. The highest BCUT2D eigenvalue weighted by molar-refractivity contribution is 5.81. The van der Waals surface area contributed by atoms with Crippen LogP contribution in [0.2, 0.25) is 0 Å². The summed E-state index contributed by atoms with van der Waals surface area (Å²) in [5, 5.41) is 2.91. The first kappa shape index (κ1) is 11.1. The lowest BCUT2D eigenvalue weighted by Crippen LogP contribution is -2.42. The zero-order valence-electron chi connectivity index (χ0n) is 9.57. The van der Waals surface area contributed by atoms with Crippen LogP contribution in [0.15, 0.2) is 24.3 Å². The third-order valence-corrected chi connectivity index (χ3v) is 3.26. The molecule has 3 N–H and O–H groups in total. The van der Waals surface area contributed by atoms with Crippen LogP contribution in [0, 0.1) is 0 Å². The molecule has 0 aromatic heterocycles. The molecule has 0 spiro atoms. The van der Waals surface area contributed by atoms with Crippen molar-refractivity contribution in [2.24, 2.45) is 5.73 Å². The summed E-state index contributed by atoms with van der Waals surface area (Å²) >= 11 is 0. The van der Waals surface area contributed by atoms with E-state index in [4.69, 9.17) is 5.73 Å². The Morgan fingerprint density at radius 1 is 1.56 bits per heavy atom. The molecule has 1 aliphatic rings. The highest BCUT2D eigenvalue weighted by Crippen LogP contribution is 2.33. The number of carbonyl (C=O) groups excluding carboxylic acids is 1. The molecule has 0 fully saturated rings. The van der Waals surface area contributed by atoms with Gasteiger partial charge in [0, 0.05) is 12.5 Å². The standard InChI is InChI=1S/C13H18N2O/c1-2-12(14)13(16)15-8-10-7-9-5-3-4-6-11(9)10/h3-6,10,12H,2,7-8,14H2,1H3,(H,15,16)/t10?,12-/m1/s1. The largest absolute Gasteiger partial charge is 0.354 e. The van der Waals surface area contributed by atoms with Crippen LogP contribution in [0.3, 0.4) is 0 Å². The predicted molar refractivity (Wildman–Crippen MR) is 64.2 cm³/mol. The van der Waals surface area contributed by atoms with Gasteiger partial charge < -0.3 is 11.1 Å². The van der Waals surface area contributed by atoms with Crippen molar-refractivity contribution in [1.82, 2.24) is 5.32 Å². The van der Waals surface area contributed by atoms with E-state index in [0.29, 0.717) is 18.9 Å². The molecule has 3 heteroatoms. The molecular weight excluding hydrogens is 200 g/mol. The van der Waals surface area contributed by atoms with Gasteiger partial charge in [0.15, 0.2) is 0 Å². The third kappa shape index (κ3) is 2.09. The number of nitrogens with two attached hydrogens (primary N) is 1. The summed E-state index contributed by atoms with van der Waals surface area (Å²) in [5.41, 5.74) is 8.42. The Hall–Kier alpha value is -1.35. The molecule has 1 aliphatic carbocycles.